The van der Waals surface area contributed by atoms with E-state index < -0.39 is 35.8 Å². The molecular weight excluding hydrogens is 427 g/mol. The van der Waals surface area contributed by atoms with Crippen LogP contribution in [0.2, 0.25) is 0 Å². The topological polar surface area (TPSA) is 137 Å². The number of nitrogens with one attached hydrogen (secondary N) is 1. The standard InChI is InChI=1S/C23H29FN6O3/c1-23(2,3)10-8-18-19(14(12-25)9-11-29(18)22(32)33)30-13-17(20(26)31)21(28-30)27-16-6-4-15(24)5-7-16/h4-7,13-14,18-19H,8-11H2,1-3H3,(H2,26,31)(H,27,28)(H,32,33)/t14-,18?,19-/m1/s1. The van der Waals surface area contributed by atoms with Gasteiger partial charge >= 0.3 is 6.09 Å². The van der Waals surface area contributed by atoms with Crippen LogP contribution < -0.4 is 11.1 Å². The Labute approximate surface area is 192 Å². The number of hydrogen-bond acceptors (Lipinski definition) is 5. The van der Waals surface area contributed by atoms with E-state index in [1.165, 1.54) is 40.0 Å². The molecule has 2 amide bonds. The van der Waals surface area contributed by atoms with Gasteiger partial charge in [-0.3, -0.25) is 9.48 Å². The fraction of sp³-hybridized carbons (Fsp3) is 0.478. The lowest BCUT2D eigenvalue weighted by Crippen LogP contribution is -2.52. The summed E-state index contributed by atoms with van der Waals surface area (Å²) in [6.07, 6.45) is 2.03. The zero-order valence-corrected chi connectivity index (χ0v) is 19.0. The Hall–Kier alpha value is -3.61. The van der Waals surface area contributed by atoms with Crippen LogP contribution in [0.3, 0.4) is 0 Å². The third kappa shape index (κ3) is 5.61. The van der Waals surface area contributed by atoms with Gasteiger partial charge in [-0.15, -0.1) is 0 Å². The van der Waals surface area contributed by atoms with E-state index in [4.69, 9.17) is 5.73 Å². The predicted octanol–water partition coefficient (Wildman–Crippen LogP) is 4.12. The van der Waals surface area contributed by atoms with E-state index in [1.807, 2.05) is 0 Å². The van der Waals surface area contributed by atoms with E-state index >= 15 is 0 Å². The minimum Gasteiger partial charge on any atom is -0.465 e. The Kier molecular flexibility index (Phi) is 6.91. The maximum atomic E-state index is 13.3. The highest BCUT2D eigenvalue weighted by atomic mass is 19.1. The van der Waals surface area contributed by atoms with Gasteiger partial charge in [0.15, 0.2) is 5.82 Å². The Morgan fingerprint density at radius 1 is 1.33 bits per heavy atom. The summed E-state index contributed by atoms with van der Waals surface area (Å²) in [5.41, 5.74) is 6.13. The summed E-state index contributed by atoms with van der Waals surface area (Å²) in [6.45, 7) is 6.47. The van der Waals surface area contributed by atoms with Crippen LogP contribution in [0.4, 0.5) is 20.7 Å². The van der Waals surface area contributed by atoms with Crippen molar-refractivity contribution in [3.05, 3.63) is 41.8 Å². The highest BCUT2D eigenvalue weighted by molar-refractivity contribution is 5.98. The first-order valence-electron chi connectivity index (χ1n) is 10.8. The van der Waals surface area contributed by atoms with Crippen LogP contribution in [-0.2, 0) is 0 Å². The number of likely N-dealkylation sites (tertiary alicyclic amines) is 1. The Morgan fingerprint density at radius 2 is 2.00 bits per heavy atom. The number of aromatic nitrogens is 2. The van der Waals surface area contributed by atoms with Crippen molar-refractivity contribution in [1.29, 1.82) is 5.26 Å². The first-order chi connectivity index (χ1) is 15.5. The number of hydrogen-bond donors (Lipinski definition) is 3. The van der Waals surface area contributed by atoms with Gasteiger partial charge in [0.25, 0.3) is 5.91 Å². The second kappa shape index (κ2) is 9.48. The normalized spacial score (nSPS) is 20.8. The highest BCUT2D eigenvalue weighted by Gasteiger charge is 2.42. The van der Waals surface area contributed by atoms with E-state index in [-0.39, 0.29) is 23.3 Å². The molecule has 2 heterocycles. The fourth-order valence-electron chi connectivity index (χ4n) is 4.20. The zero-order chi connectivity index (χ0) is 24.3. The number of anilines is 2. The van der Waals surface area contributed by atoms with Crippen LogP contribution in [0.15, 0.2) is 30.5 Å². The molecule has 9 nitrogen and oxygen atoms in total. The SMILES string of the molecule is CC(C)(C)CCC1[C@H](n2cc(C(N)=O)c(Nc3ccc(F)cc3)n2)[C@@H](C#N)CCN1C(=O)O. The second-order valence-electron chi connectivity index (χ2n) is 9.53. The lowest BCUT2D eigenvalue weighted by Gasteiger charge is -2.43. The summed E-state index contributed by atoms with van der Waals surface area (Å²) in [6, 6.07) is 6.73. The smallest absolute Gasteiger partial charge is 0.407 e. The minimum atomic E-state index is -1.05. The van der Waals surface area contributed by atoms with E-state index in [0.29, 0.717) is 18.5 Å². The zero-order valence-electron chi connectivity index (χ0n) is 19.0. The molecule has 0 aliphatic carbocycles. The Bertz CT molecular complexity index is 1050. The summed E-state index contributed by atoms with van der Waals surface area (Å²) in [4.78, 5) is 25.5. The third-order valence-electron chi connectivity index (χ3n) is 5.90. The minimum absolute atomic E-state index is 0.0356. The van der Waals surface area contributed by atoms with Gasteiger partial charge in [-0.1, -0.05) is 20.8 Å². The second-order valence-corrected chi connectivity index (χ2v) is 9.53. The molecule has 1 fully saturated rings. The molecule has 0 saturated carbocycles. The third-order valence-corrected chi connectivity index (χ3v) is 5.90. The number of rotatable bonds is 6. The number of piperidine rings is 1. The van der Waals surface area contributed by atoms with Crippen molar-refractivity contribution in [2.75, 3.05) is 11.9 Å². The van der Waals surface area contributed by atoms with Gasteiger partial charge in [-0.25, -0.2) is 9.18 Å². The summed E-state index contributed by atoms with van der Waals surface area (Å²) in [5.74, 6) is -1.47. The monoisotopic (exact) mass is 456 g/mol. The molecule has 1 saturated heterocycles. The maximum absolute atomic E-state index is 13.3. The van der Waals surface area contributed by atoms with Crippen molar-refractivity contribution in [2.24, 2.45) is 17.1 Å². The lowest BCUT2D eigenvalue weighted by atomic mass is 9.80. The summed E-state index contributed by atoms with van der Waals surface area (Å²) < 4.78 is 14.7. The molecule has 1 aliphatic rings. The van der Waals surface area contributed by atoms with E-state index in [0.717, 1.165) is 6.42 Å². The molecule has 1 aliphatic heterocycles. The largest absolute Gasteiger partial charge is 0.465 e. The van der Waals surface area contributed by atoms with Gasteiger partial charge in [-0.2, -0.15) is 10.4 Å². The van der Waals surface area contributed by atoms with Gasteiger partial charge in [0, 0.05) is 18.4 Å². The number of halogens is 1. The van der Waals surface area contributed by atoms with Crippen LogP contribution in [0.5, 0.6) is 0 Å². The number of primary amides is 1. The molecule has 0 spiro atoms. The molecule has 4 N–H and O–H groups in total. The first kappa shape index (κ1) is 24.0. The molecule has 1 aromatic carbocycles. The number of nitrogens with two attached hydrogens (primary N) is 1. The molecule has 0 bridgehead atoms. The van der Waals surface area contributed by atoms with Crippen molar-refractivity contribution in [1.82, 2.24) is 14.7 Å². The Morgan fingerprint density at radius 3 is 2.55 bits per heavy atom. The Balaban J connectivity index is 2.03. The number of nitriles is 1. The number of carbonyl (C=O) groups is 2. The molecule has 176 valence electrons. The molecule has 1 aromatic heterocycles. The molecule has 1 unspecified atom stereocenters. The average molecular weight is 457 g/mol. The summed E-state index contributed by atoms with van der Waals surface area (Å²) in [7, 11) is 0. The number of carboxylic acid groups (broad SMARTS) is 1. The van der Waals surface area contributed by atoms with Gasteiger partial charge in [-0.05, 0) is 48.9 Å². The summed E-state index contributed by atoms with van der Waals surface area (Å²) >= 11 is 0. The van der Waals surface area contributed by atoms with Crippen molar-refractivity contribution in [2.45, 2.75) is 52.1 Å². The van der Waals surface area contributed by atoms with Crippen molar-refractivity contribution < 1.29 is 19.1 Å². The van der Waals surface area contributed by atoms with Crippen LogP contribution in [0.1, 0.15) is 56.4 Å². The number of nitrogens with zero attached hydrogens (tertiary/aromatic N) is 4. The molecular formula is C23H29FN6O3. The van der Waals surface area contributed by atoms with Gasteiger partial charge < -0.3 is 21.1 Å². The summed E-state index contributed by atoms with van der Waals surface area (Å²) in [5, 5.41) is 27.1. The van der Waals surface area contributed by atoms with Gasteiger partial charge in [0.1, 0.15) is 11.4 Å². The van der Waals surface area contributed by atoms with E-state index in [9.17, 15) is 24.3 Å². The molecule has 10 heteroatoms. The highest BCUT2D eigenvalue weighted by Crippen LogP contribution is 2.38. The van der Waals surface area contributed by atoms with Crippen LogP contribution in [0, 0.1) is 28.5 Å². The molecule has 33 heavy (non-hydrogen) atoms. The first-order valence-corrected chi connectivity index (χ1v) is 10.8. The predicted molar refractivity (Wildman–Crippen MR) is 120 cm³/mol. The number of benzene rings is 1. The van der Waals surface area contributed by atoms with Crippen molar-refractivity contribution in [3.63, 3.8) is 0 Å². The fourth-order valence-corrected chi connectivity index (χ4v) is 4.20. The number of carbonyl (C=O) groups excluding carboxylic acids is 1. The van der Waals surface area contributed by atoms with Crippen LogP contribution in [-0.4, -0.2) is 44.4 Å². The van der Waals surface area contributed by atoms with E-state index in [2.05, 4.69) is 37.3 Å². The van der Waals surface area contributed by atoms with Gasteiger partial charge in [0.2, 0.25) is 0 Å². The molecule has 0 radical (unpaired) electrons. The quantitative estimate of drug-likeness (QED) is 0.598. The van der Waals surface area contributed by atoms with Crippen LogP contribution >= 0.6 is 0 Å². The number of amides is 2. The van der Waals surface area contributed by atoms with Crippen molar-refractivity contribution in [3.8, 4) is 6.07 Å². The van der Waals surface area contributed by atoms with Crippen molar-refractivity contribution >= 4 is 23.5 Å². The maximum Gasteiger partial charge on any atom is 0.407 e. The van der Waals surface area contributed by atoms with E-state index in [1.54, 1.807) is 0 Å². The molecule has 3 atom stereocenters. The molecule has 2 aromatic rings. The average Bonchev–Trinajstić information content (AvgIpc) is 3.16. The molecule has 3 rings (SSSR count). The van der Waals surface area contributed by atoms with Crippen LogP contribution in [0.25, 0.3) is 0 Å². The lowest BCUT2D eigenvalue weighted by molar-refractivity contribution is 0.0522. The van der Waals surface area contributed by atoms with Gasteiger partial charge in [0.05, 0.1) is 24.1 Å².